The van der Waals surface area contributed by atoms with Crippen LogP contribution in [0.15, 0.2) is 11.1 Å². The first-order valence-electron chi connectivity index (χ1n) is 4.80. The lowest BCUT2D eigenvalue weighted by Gasteiger charge is -2.09. The van der Waals surface area contributed by atoms with Gasteiger partial charge in [0.15, 0.2) is 5.78 Å². The molecule has 0 aliphatic carbocycles. The number of hydrogen-bond acceptors (Lipinski definition) is 3. The fourth-order valence-electron chi connectivity index (χ4n) is 1.04. The molecule has 0 heterocycles. The smallest absolute Gasteiger partial charge is 0.341 e. The third kappa shape index (κ3) is 3.32. The van der Waals surface area contributed by atoms with Gasteiger partial charge >= 0.3 is 5.97 Å². The van der Waals surface area contributed by atoms with Gasteiger partial charge in [-0.25, -0.2) is 4.79 Å². The summed E-state index contributed by atoms with van der Waals surface area (Å²) in [6.45, 7) is 9.04. The zero-order valence-corrected chi connectivity index (χ0v) is 9.51. The van der Waals surface area contributed by atoms with Crippen molar-refractivity contribution < 1.29 is 14.3 Å². The Bertz CT molecular complexity index is 258. The topological polar surface area (TPSA) is 43.4 Å². The molecule has 0 fully saturated rings. The molecule has 0 saturated carbocycles. The van der Waals surface area contributed by atoms with E-state index < -0.39 is 5.97 Å². The van der Waals surface area contributed by atoms with E-state index in [1.54, 1.807) is 34.6 Å². The molecule has 0 aliphatic heterocycles. The predicted octanol–water partition coefficient (Wildman–Crippen LogP) is 2.11. The van der Waals surface area contributed by atoms with Gasteiger partial charge in [0.05, 0.1) is 6.61 Å². The highest BCUT2D eigenvalue weighted by molar-refractivity contribution is 6.18. The molecular formula is C11H18O3. The molecule has 80 valence electrons. The SMILES string of the molecule is CCOC(=O)C(C(=O)C(C)C)=C(C)C. The lowest BCUT2D eigenvalue weighted by Crippen LogP contribution is -2.21. The fraction of sp³-hybridized carbons (Fsp3) is 0.636. The molecule has 0 radical (unpaired) electrons. The summed E-state index contributed by atoms with van der Waals surface area (Å²) in [5.41, 5.74) is 0.906. The summed E-state index contributed by atoms with van der Waals surface area (Å²) in [7, 11) is 0. The maximum Gasteiger partial charge on any atom is 0.341 e. The Morgan fingerprint density at radius 2 is 1.71 bits per heavy atom. The van der Waals surface area contributed by atoms with Crippen molar-refractivity contribution in [2.24, 2.45) is 5.92 Å². The molecule has 0 amide bonds. The van der Waals surface area contributed by atoms with E-state index >= 15 is 0 Å². The van der Waals surface area contributed by atoms with E-state index in [9.17, 15) is 9.59 Å². The average molecular weight is 198 g/mol. The lowest BCUT2D eigenvalue weighted by atomic mass is 9.98. The molecule has 0 saturated heterocycles. The first kappa shape index (κ1) is 12.9. The van der Waals surface area contributed by atoms with Gasteiger partial charge in [-0.2, -0.15) is 0 Å². The van der Waals surface area contributed by atoms with Crippen molar-refractivity contribution in [1.82, 2.24) is 0 Å². The zero-order valence-electron chi connectivity index (χ0n) is 9.51. The Morgan fingerprint density at radius 1 is 1.21 bits per heavy atom. The number of carbonyl (C=O) groups excluding carboxylic acids is 2. The van der Waals surface area contributed by atoms with Crippen molar-refractivity contribution in [2.45, 2.75) is 34.6 Å². The van der Waals surface area contributed by atoms with Crippen molar-refractivity contribution in [3.63, 3.8) is 0 Å². The highest BCUT2D eigenvalue weighted by Crippen LogP contribution is 2.12. The largest absolute Gasteiger partial charge is 0.462 e. The molecule has 0 unspecified atom stereocenters. The van der Waals surface area contributed by atoms with Crippen LogP contribution in [-0.2, 0) is 14.3 Å². The van der Waals surface area contributed by atoms with Gasteiger partial charge in [-0.3, -0.25) is 4.79 Å². The van der Waals surface area contributed by atoms with Crippen LogP contribution in [0.4, 0.5) is 0 Å². The first-order valence-corrected chi connectivity index (χ1v) is 4.80. The summed E-state index contributed by atoms with van der Waals surface area (Å²) in [6, 6.07) is 0. The number of ether oxygens (including phenoxy) is 1. The molecule has 0 aromatic carbocycles. The number of hydrogen-bond donors (Lipinski definition) is 0. The molecule has 3 nitrogen and oxygen atoms in total. The van der Waals surface area contributed by atoms with Crippen molar-refractivity contribution >= 4 is 11.8 Å². The van der Waals surface area contributed by atoms with Crippen molar-refractivity contribution in [3.05, 3.63) is 11.1 Å². The number of rotatable bonds is 4. The lowest BCUT2D eigenvalue weighted by molar-refractivity contribution is -0.140. The third-order valence-corrected chi connectivity index (χ3v) is 1.75. The van der Waals surface area contributed by atoms with Crippen LogP contribution in [0.25, 0.3) is 0 Å². The van der Waals surface area contributed by atoms with Crippen LogP contribution in [0.5, 0.6) is 0 Å². The molecule has 0 aromatic rings. The van der Waals surface area contributed by atoms with Crippen LogP contribution in [0.3, 0.4) is 0 Å². The monoisotopic (exact) mass is 198 g/mol. The summed E-state index contributed by atoms with van der Waals surface area (Å²) in [6.07, 6.45) is 0. The van der Waals surface area contributed by atoms with Gasteiger partial charge in [0.2, 0.25) is 0 Å². The Labute approximate surface area is 85.1 Å². The van der Waals surface area contributed by atoms with Crippen molar-refractivity contribution in [1.29, 1.82) is 0 Å². The normalized spacial score (nSPS) is 9.86. The number of esters is 1. The van der Waals surface area contributed by atoms with E-state index in [1.165, 1.54) is 0 Å². The first-order chi connectivity index (χ1) is 6.41. The van der Waals surface area contributed by atoms with Gasteiger partial charge in [-0.05, 0) is 20.8 Å². The van der Waals surface area contributed by atoms with E-state index in [1.807, 2.05) is 0 Å². The third-order valence-electron chi connectivity index (χ3n) is 1.75. The van der Waals surface area contributed by atoms with Crippen LogP contribution >= 0.6 is 0 Å². The minimum absolute atomic E-state index is 0.150. The van der Waals surface area contributed by atoms with E-state index in [4.69, 9.17) is 4.74 Å². The number of allylic oxidation sites excluding steroid dienone is 1. The van der Waals surface area contributed by atoms with Crippen LogP contribution in [0.1, 0.15) is 34.6 Å². The summed E-state index contributed by atoms with van der Waals surface area (Å²) < 4.78 is 4.82. The standard InChI is InChI=1S/C11H18O3/c1-6-14-11(13)9(7(2)3)10(12)8(4)5/h8H,6H2,1-5H3. The van der Waals surface area contributed by atoms with Crippen LogP contribution in [-0.4, -0.2) is 18.4 Å². The van der Waals surface area contributed by atoms with Crippen molar-refractivity contribution in [3.8, 4) is 0 Å². The maximum absolute atomic E-state index is 11.6. The molecule has 14 heavy (non-hydrogen) atoms. The highest BCUT2D eigenvalue weighted by atomic mass is 16.5. The zero-order chi connectivity index (χ0) is 11.3. The molecule has 0 aromatic heterocycles. The second-order valence-electron chi connectivity index (χ2n) is 3.61. The van der Waals surface area contributed by atoms with E-state index in [0.29, 0.717) is 12.2 Å². The Balaban J connectivity index is 4.91. The maximum atomic E-state index is 11.6. The van der Waals surface area contributed by atoms with Crippen LogP contribution in [0, 0.1) is 5.92 Å². The molecule has 0 spiro atoms. The molecule has 0 atom stereocenters. The van der Waals surface area contributed by atoms with Gasteiger partial charge in [-0.1, -0.05) is 19.4 Å². The molecule has 3 heteroatoms. The predicted molar refractivity (Wildman–Crippen MR) is 54.9 cm³/mol. The summed E-state index contributed by atoms with van der Waals surface area (Å²) in [4.78, 5) is 23.1. The molecule has 0 N–H and O–H groups in total. The highest BCUT2D eigenvalue weighted by Gasteiger charge is 2.22. The van der Waals surface area contributed by atoms with E-state index in [2.05, 4.69) is 0 Å². The number of carbonyl (C=O) groups is 2. The molecule has 0 rings (SSSR count). The van der Waals surface area contributed by atoms with E-state index in [-0.39, 0.29) is 17.3 Å². The summed E-state index contributed by atoms with van der Waals surface area (Å²) >= 11 is 0. The molecular weight excluding hydrogens is 180 g/mol. The van der Waals surface area contributed by atoms with Crippen LogP contribution < -0.4 is 0 Å². The second-order valence-corrected chi connectivity index (χ2v) is 3.61. The number of Topliss-reactive ketones (excluding diaryl/α,β-unsaturated/α-hetero) is 1. The average Bonchev–Trinajstić information content (AvgIpc) is 2.03. The van der Waals surface area contributed by atoms with Gasteiger partial charge in [0.25, 0.3) is 0 Å². The molecule has 0 bridgehead atoms. The Kier molecular flexibility index (Phi) is 5.13. The van der Waals surface area contributed by atoms with Gasteiger partial charge in [0.1, 0.15) is 5.57 Å². The Morgan fingerprint density at radius 3 is 2.00 bits per heavy atom. The van der Waals surface area contributed by atoms with Crippen molar-refractivity contribution in [2.75, 3.05) is 6.61 Å². The minimum atomic E-state index is -0.508. The quantitative estimate of drug-likeness (QED) is 0.301. The molecule has 0 aliphatic rings. The Hall–Kier alpha value is -1.12. The minimum Gasteiger partial charge on any atom is -0.462 e. The number of ketones is 1. The van der Waals surface area contributed by atoms with Gasteiger partial charge in [0, 0.05) is 5.92 Å². The second kappa shape index (κ2) is 5.58. The van der Waals surface area contributed by atoms with Gasteiger partial charge in [-0.15, -0.1) is 0 Å². The van der Waals surface area contributed by atoms with Gasteiger partial charge < -0.3 is 4.74 Å². The van der Waals surface area contributed by atoms with E-state index in [0.717, 1.165) is 0 Å². The fourth-order valence-corrected chi connectivity index (χ4v) is 1.04. The summed E-state index contributed by atoms with van der Waals surface area (Å²) in [5.74, 6) is -0.834. The summed E-state index contributed by atoms with van der Waals surface area (Å²) in [5, 5.41) is 0. The van der Waals surface area contributed by atoms with Crippen LogP contribution in [0.2, 0.25) is 0 Å².